The van der Waals surface area contributed by atoms with Gasteiger partial charge >= 0.3 is 0 Å². The Morgan fingerprint density at radius 3 is 2.52 bits per heavy atom. The van der Waals surface area contributed by atoms with Crippen LogP contribution in [0.1, 0.15) is 12.8 Å². The van der Waals surface area contributed by atoms with Crippen LogP contribution in [-0.2, 0) is 14.4 Å². The average molecular weight is 435 g/mol. The average Bonchev–Trinajstić information content (AvgIpc) is 3.43. The Morgan fingerprint density at radius 1 is 1.00 bits per heavy atom. The van der Waals surface area contributed by atoms with Gasteiger partial charge in [-0.2, -0.15) is 5.10 Å². The number of hydroxylamine groups is 2. The van der Waals surface area contributed by atoms with Gasteiger partial charge in [0, 0.05) is 42.7 Å². The molecule has 0 bridgehead atoms. The molecule has 3 heterocycles. The highest BCUT2D eigenvalue weighted by atomic mass is 32.3. The number of fused-ring (bicyclic) bond motifs is 1. The maximum absolute atomic E-state index is 11.9. The molecular weight excluding hydrogens is 412 g/mol. The summed E-state index contributed by atoms with van der Waals surface area (Å²) in [6.07, 6.45) is 8.98. The van der Waals surface area contributed by atoms with Crippen molar-refractivity contribution in [2.24, 2.45) is 0 Å². The van der Waals surface area contributed by atoms with Crippen LogP contribution in [0.5, 0.6) is 5.75 Å². The van der Waals surface area contributed by atoms with E-state index in [9.17, 15) is 8.76 Å². The van der Waals surface area contributed by atoms with E-state index >= 15 is 0 Å². The van der Waals surface area contributed by atoms with E-state index in [1.165, 1.54) is 19.1 Å². The van der Waals surface area contributed by atoms with Crippen LogP contribution in [0, 0.1) is 0 Å². The number of hydrogen-bond acceptors (Lipinski definition) is 6. The molecular formula is C23H22N4O3S. The second-order valence-electron chi connectivity index (χ2n) is 7.72. The Labute approximate surface area is 181 Å². The normalized spacial score (nSPS) is 16.5. The topological polar surface area (TPSA) is 82.8 Å². The third-order valence-electron chi connectivity index (χ3n) is 5.42. The molecule has 0 N–H and O–H groups in total. The van der Waals surface area contributed by atoms with Crippen molar-refractivity contribution in [1.29, 1.82) is 0 Å². The Balaban J connectivity index is 1.42. The van der Waals surface area contributed by atoms with Crippen LogP contribution in [0.25, 0.3) is 27.9 Å². The molecule has 7 nitrogen and oxygen atoms in total. The molecule has 2 aromatic heterocycles. The van der Waals surface area contributed by atoms with Crippen LogP contribution in [-0.4, -0.2) is 43.6 Å². The minimum atomic E-state index is -3.28. The Bertz CT molecular complexity index is 1270. The van der Waals surface area contributed by atoms with E-state index in [1.807, 2.05) is 41.6 Å². The van der Waals surface area contributed by atoms with E-state index in [0.29, 0.717) is 5.65 Å². The number of hydrogen-bond donors (Lipinski definition) is 0. The molecule has 1 atom stereocenters. The molecule has 2 aromatic carbocycles. The van der Waals surface area contributed by atoms with Crippen molar-refractivity contribution in [1.82, 2.24) is 19.7 Å². The van der Waals surface area contributed by atoms with Gasteiger partial charge in [-0.3, -0.25) is 0 Å². The molecule has 1 saturated heterocycles. The summed E-state index contributed by atoms with van der Waals surface area (Å²) in [5, 5.41) is 6.43. The van der Waals surface area contributed by atoms with Crippen molar-refractivity contribution in [2.75, 3.05) is 19.3 Å². The van der Waals surface area contributed by atoms with E-state index in [1.54, 1.807) is 35.1 Å². The molecule has 158 valence electrons. The van der Waals surface area contributed by atoms with Crippen molar-refractivity contribution < 1.29 is 13.6 Å². The zero-order valence-corrected chi connectivity index (χ0v) is 17.9. The van der Waals surface area contributed by atoms with Gasteiger partial charge in [0.1, 0.15) is 12.0 Å². The largest absolute Gasteiger partial charge is 0.610 e. The molecule has 8 heteroatoms. The fourth-order valence-corrected chi connectivity index (χ4v) is 4.43. The fourth-order valence-electron chi connectivity index (χ4n) is 3.76. The number of nitrogens with zero attached hydrogens (tertiary/aromatic N) is 4. The maximum Gasteiger partial charge on any atom is 0.162 e. The first-order valence-electron chi connectivity index (χ1n) is 10.1. The van der Waals surface area contributed by atoms with Crippen LogP contribution < -0.4 is 4.84 Å². The first-order chi connectivity index (χ1) is 15.0. The summed E-state index contributed by atoms with van der Waals surface area (Å²) < 4.78 is 25.5. The minimum absolute atomic E-state index is 0.275. The van der Waals surface area contributed by atoms with Crippen LogP contribution in [0.2, 0.25) is 0 Å². The summed E-state index contributed by atoms with van der Waals surface area (Å²) in [4.78, 5) is 10.8. The van der Waals surface area contributed by atoms with Crippen LogP contribution in [0.4, 0.5) is 0 Å². The van der Waals surface area contributed by atoms with Gasteiger partial charge in [-0.1, -0.05) is 24.3 Å². The van der Waals surface area contributed by atoms with E-state index in [4.69, 9.17) is 4.84 Å². The summed E-state index contributed by atoms with van der Waals surface area (Å²) in [7, 11) is -3.28. The van der Waals surface area contributed by atoms with Crippen LogP contribution in [0.3, 0.4) is 0 Å². The van der Waals surface area contributed by atoms with Crippen molar-refractivity contribution in [3.63, 3.8) is 0 Å². The zero-order valence-electron chi connectivity index (χ0n) is 17.1. The summed E-state index contributed by atoms with van der Waals surface area (Å²) in [6, 6.07) is 14.8. The molecule has 0 amide bonds. The van der Waals surface area contributed by atoms with E-state index in [2.05, 4.69) is 10.1 Å². The molecule has 1 unspecified atom stereocenters. The maximum atomic E-state index is 11.9. The van der Waals surface area contributed by atoms with Gasteiger partial charge in [-0.15, -0.1) is 9.27 Å². The molecule has 1 aliphatic heterocycles. The van der Waals surface area contributed by atoms with Gasteiger partial charge in [0.25, 0.3) is 0 Å². The third-order valence-corrected chi connectivity index (χ3v) is 6.53. The number of rotatable bonds is 5. The van der Waals surface area contributed by atoms with E-state index in [-0.39, 0.29) is 4.90 Å². The van der Waals surface area contributed by atoms with E-state index < -0.39 is 10.2 Å². The molecule has 4 aromatic rings. The molecule has 0 radical (unpaired) electrons. The van der Waals surface area contributed by atoms with Crippen molar-refractivity contribution in [3.8, 4) is 28.0 Å². The lowest BCUT2D eigenvalue weighted by Gasteiger charge is -2.16. The SMILES string of the molecule is C[S+](=O)([O-])c1cccc(-c2cnn3cc(-c4ccc(ON5CCCC5)cc4)cnc23)c1. The summed E-state index contributed by atoms with van der Waals surface area (Å²) in [6.45, 7) is 1.94. The predicted molar refractivity (Wildman–Crippen MR) is 118 cm³/mol. The number of sulfone groups is 1. The molecule has 0 aliphatic carbocycles. The third kappa shape index (κ3) is 4.10. The standard InChI is InChI=1S/C23H22N4O3S/c1-31(28,29)21-6-4-5-18(13-21)22-15-25-27-16-19(14-24-23(22)27)17-7-9-20(10-8-17)30-26-11-2-3-12-26/h4-10,13-16H,2-3,11-12H2,1H3. The molecule has 0 spiro atoms. The van der Waals surface area contributed by atoms with Crippen LogP contribution >= 0.6 is 0 Å². The Morgan fingerprint density at radius 2 is 1.77 bits per heavy atom. The lowest BCUT2D eigenvalue weighted by Crippen LogP contribution is -2.23. The van der Waals surface area contributed by atoms with Crippen molar-refractivity contribution in [3.05, 3.63) is 67.1 Å². The Hall–Kier alpha value is -3.07. The second kappa shape index (κ2) is 7.88. The number of benzene rings is 2. The van der Waals surface area contributed by atoms with Gasteiger partial charge in [0.05, 0.1) is 16.4 Å². The van der Waals surface area contributed by atoms with Gasteiger partial charge in [-0.25, -0.2) is 9.50 Å². The van der Waals surface area contributed by atoms with Gasteiger partial charge in [0.15, 0.2) is 10.5 Å². The van der Waals surface area contributed by atoms with Gasteiger partial charge in [-0.05, 0) is 42.2 Å². The Kier molecular flexibility index (Phi) is 5.05. The summed E-state index contributed by atoms with van der Waals surface area (Å²) in [5.41, 5.74) is 4.16. The monoisotopic (exact) mass is 434 g/mol. The summed E-state index contributed by atoms with van der Waals surface area (Å²) >= 11 is 0. The highest BCUT2D eigenvalue weighted by Crippen LogP contribution is 2.29. The zero-order chi connectivity index (χ0) is 21.4. The highest BCUT2D eigenvalue weighted by molar-refractivity contribution is 7.97. The first-order valence-corrected chi connectivity index (χ1v) is 12.0. The van der Waals surface area contributed by atoms with E-state index in [0.717, 1.165) is 41.1 Å². The van der Waals surface area contributed by atoms with Crippen molar-refractivity contribution in [2.45, 2.75) is 17.7 Å². The van der Waals surface area contributed by atoms with Crippen molar-refractivity contribution >= 4 is 15.9 Å². The lowest BCUT2D eigenvalue weighted by atomic mass is 10.1. The number of aromatic nitrogens is 3. The molecule has 31 heavy (non-hydrogen) atoms. The second-order valence-corrected chi connectivity index (χ2v) is 9.74. The van der Waals surface area contributed by atoms with Gasteiger partial charge in [0.2, 0.25) is 0 Å². The summed E-state index contributed by atoms with van der Waals surface area (Å²) in [5.74, 6) is 0.826. The first kappa shape index (κ1) is 19.9. The predicted octanol–water partition coefficient (Wildman–Crippen LogP) is 4.07. The quantitative estimate of drug-likeness (QED) is 0.440. The lowest BCUT2D eigenvalue weighted by molar-refractivity contribution is -0.0346. The van der Waals surface area contributed by atoms with Crippen LogP contribution in [0.15, 0.2) is 72.0 Å². The minimum Gasteiger partial charge on any atom is -0.610 e. The fraction of sp³-hybridized carbons (Fsp3) is 0.217. The highest BCUT2D eigenvalue weighted by Gasteiger charge is 2.16. The van der Waals surface area contributed by atoms with Gasteiger partial charge < -0.3 is 9.39 Å². The molecule has 1 fully saturated rings. The molecule has 5 rings (SSSR count). The smallest absolute Gasteiger partial charge is 0.162 e. The molecule has 1 aliphatic rings. The molecule has 0 saturated carbocycles.